The molecule has 5 nitrogen and oxygen atoms in total. The highest BCUT2D eigenvalue weighted by atomic mass is 16.5. The van der Waals surface area contributed by atoms with E-state index in [1.807, 2.05) is 0 Å². The Hall–Kier alpha value is -1.67. The van der Waals surface area contributed by atoms with Crippen LogP contribution in [0.3, 0.4) is 0 Å². The summed E-state index contributed by atoms with van der Waals surface area (Å²) in [6, 6.07) is 2.06. The van der Waals surface area contributed by atoms with Crippen molar-refractivity contribution in [2.45, 2.75) is 39.7 Å². The summed E-state index contributed by atoms with van der Waals surface area (Å²) in [4.78, 5) is 8.20. The number of anilines is 1. The second-order valence-corrected chi connectivity index (χ2v) is 6.31. The number of rotatable bonds is 3. The van der Waals surface area contributed by atoms with Crippen molar-refractivity contribution in [1.29, 1.82) is 5.26 Å². The fourth-order valence-electron chi connectivity index (χ4n) is 2.79. The maximum Gasteiger partial charge on any atom is 0.182 e. The van der Waals surface area contributed by atoms with Crippen LogP contribution in [-0.2, 0) is 4.74 Å². The molecule has 0 aromatic carbocycles. The van der Waals surface area contributed by atoms with Gasteiger partial charge in [-0.2, -0.15) is 5.26 Å². The van der Waals surface area contributed by atoms with Crippen LogP contribution >= 0.6 is 0 Å². The number of hydrogen-bond acceptors (Lipinski definition) is 5. The highest BCUT2D eigenvalue weighted by Crippen LogP contribution is 2.34. The number of aromatic nitrogens is 2. The molecule has 1 aliphatic rings. The standard InChI is InChI=1S/C15H22N4O/c1-15(2,3)13-11(5-4-8-20-13)10-19-14-12(9-16)17-6-7-18-14/h6-7,11,13H,4-5,8,10H2,1-3H3,(H,18,19)/t11-,13+/m0/s1. The largest absolute Gasteiger partial charge is 0.377 e. The van der Waals surface area contributed by atoms with Gasteiger partial charge in [-0.15, -0.1) is 0 Å². The van der Waals surface area contributed by atoms with Crippen molar-refractivity contribution in [3.05, 3.63) is 18.1 Å². The van der Waals surface area contributed by atoms with Crippen LogP contribution in [0.4, 0.5) is 5.82 Å². The fourth-order valence-corrected chi connectivity index (χ4v) is 2.79. The molecule has 1 N–H and O–H groups in total. The van der Waals surface area contributed by atoms with E-state index in [9.17, 15) is 0 Å². The average Bonchev–Trinajstić information content (AvgIpc) is 2.44. The summed E-state index contributed by atoms with van der Waals surface area (Å²) in [5.74, 6) is 0.991. The molecule has 0 radical (unpaired) electrons. The van der Waals surface area contributed by atoms with Gasteiger partial charge >= 0.3 is 0 Å². The lowest BCUT2D eigenvalue weighted by atomic mass is 9.78. The van der Waals surface area contributed by atoms with Gasteiger partial charge < -0.3 is 10.1 Å². The molecule has 0 bridgehead atoms. The molecule has 1 aromatic heterocycles. The van der Waals surface area contributed by atoms with Gasteiger partial charge in [0.15, 0.2) is 11.5 Å². The topological polar surface area (TPSA) is 70.8 Å². The van der Waals surface area contributed by atoms with Gasteiger partial charge in [0.05, 0.1) is 6.10 Å². The fraction of sp³-hybridized carbons (Fsp3) is 0.667. The minimum absolute atomic E-state index is 0.118. The monoisotopic (exact) mass is 274 g/mol. The molecule has 108 valence electrons. The van der Waals surface area contributed by atoms with E-state index in [4.69, 9.17) is 10.00 Å². The number of nitrogens with one attached hydrogen (secondary N) is 1. The first kappa shape index (κ1) is 14.7. The molecule has 0 saturated carbocycles. The molecule has 0 amide bonds. The number of nitriles is 1. The van der Waals surface area contributed by atoms with Crippen LogP contribution in [0.15, 0.2) is 12.4 Å². The van der Waals surface area contributed by atoms with E-state index in [1.165, 1.54) is 6.20 Å². The lowest BCUT2D eigenvalue weighted by molar-refractivity contribution is -0.0814. The van der Waals surface area contributed by atoms with Crippen LogP contribution in [-0.4, -0.2) is 29.2 Å². The average molecular weight is 274 g/mol. The predicted molar refractivity (Wildman–Crippen MR) is 77.2 cm³/mol. The molecule has 2 rings (SSSR count). The van der Waals surface area contributed by atoms with Crippen LogP contribution in [0.25, 0.3) is 0 Å². The van der Waals surface area contributed by atoms with E-state index in [1.54, 1.807) is 6.20 Å². The van der Waals surface area contributed by atoms with Crippen LogP contribution in [0.5, 0.6) is 0 Å². The zero-order valence-corrected chi connectivity index (χ0v) is 12.4. The molecule has 1 saturated heterocycles. The lowest BCUT2D eigenvalue weighted by Gasteiger charge is -2.40. The Labute approximate surface area is 120 Å². The summed E-state index contributed by atoms with van der Waals surface area (Å²) in [6.45, 7) is 8.22. The Kier molecular flexibility index (Phi) is 4.56. The normalized spacial score (nSPS) is 23.1. The first-order valence-corrected chi connectivity index (χ1v) is 7.09. The number of nitrogens with zero attached hydrogens (tertiary/aromatic N) is 3. The molecule has 2 atom stereocenters. The zero-order chi connectivity index (χ0) is 14.6. The van der Waals surface area contributed by atoms with Crippen LogP contribution in [0.2, 0.25) is 0 Å². The van der Waals surface area contributed by atoms with Crippen molar-refractivity contribution in [3.63, 3.8) is 0 Å². The van der Waals surface area contributed by atoms with Gasteiger partial charge in [-0.25, -0.2) is 9.97 Å². The summed E-state index contributed by atoms with van der Waals surface area (Å²) >= 11 is 0. The molecular weight excluding hydrogens is 252 g/mol. The quantitative estimate of drug-likeness (QED) is 0.917. The molecule has 20 heavy (non-hydrogen) atoms. The first-order chi connectivity index (χ1) is 9.52. The predicted octanol–water partition coefficient (Wildman–Crippen LogP) is 2.60. The summed E-state index contributed by atoms with van der Waals surface area (Å²) in [5.41, 5.74) is 0.462. The molecular formula is C15H22N4O. The van der Waals surface area contributed by atoms with Crippen LogP contribution in [0.1, 0.15) is 39.3 Å². The smallest absolute Gasteiger partial charge is 0.182 e. The van der Waals surface area contributed by atoms with Gasteiger partial charge in [-0.1, -0.05) is 20.8 Å². The Bertz CT molecular complexity index is 489. The SMILES string of the molecule is CC(C)(C)[C@@H]1OCCC[C@H]1CNc1nccnc1C#N. The highest BCUT2D eigenvalue weighted by Gasteiger charge is 2.35. The molecule has 0 aliphatic carbocycles. The summed E-state index contributed by atoms with van der Waals surface area (Å²) in [5, 5.41) is 12.3. The van der Waals surface area contributed by atoms with E-state index in [0.29, 0.717) is 17.4 Å². The Balaban J connectivity index is 2.03. The second kappa shape index (κ2) is 6.19. The van der Waals surface area contributed by atoms with Crippen LogP contribution in [0, 0.1) is 22.7 Å². The Morgan fingerprint density at radius 1 is 1.40 bits per heavy atom. The second-order valence-electron chi connectivity index (χ2n) is 6.31. The molecule has 1 aromatic rings. The summed E-state index contributed by atoms with van der Waals surface area (Å²) < 4.78 is 5.96. The zero-order valence-electron chi connectivity index (χ0n) is 12.4. The minimum atomic E-state index is 0.118. The third-order valence-electron chi connectivity index (χ3n) is 3.63. The molecule has 2 heterocycles. The van der Waals surface area contributed by atoms with Crippen molar-refractivity contribution in [3.8, 4) is 6.07 Å². The van der Waals surface area contributed by atoms with Crippen molar-refractivity contribution >= 4 is 5.82 Å². The van der Waals surface area contributed by atoms with Crippen LogP contribution < -0.4 is 5.32 Å². The van der Waals surface area contributed by atoms with Gasteiger partial charge in [0, 0.05) is 31.5 Å². The first-order valence-electron chi connectivity index (χ1n) is 7.09. The maximum absolute atomic E-state index is 9.02. The Morgan fingerprint density at radius 2 is 2.15 bits per heavy atom. The van der Waals surface area contributed by atoms with E-state index < -0.39 is 0 Å². The third-order valence-corrected chi connectivity index (χ3v) is 3.63. The summed E-state index contributed by atoms with van der Waals surface area (Å²) in [7, 11) is 0. The van der Waals surface area contributed by atoms with E-state index >= 15 is 0 Å². The van der Waals surface area contributed by atoms with Gasteiger partial charge in [0.2, 0.25) is 0 Å². The van der Waals surface area contributed by atoms with Crippen molar-refractivity contribution in [2.75, 3.05) is 18.5 Å². The minimum Gasteiger partial charge on any atom is -0.377 e. The van der Waals surface area contributed by atoms with Gasteiger partial charge in [0.25, 0.3) is 0 Å². The van der Waals surface area contributed by atoms with Crippen molar-refractivity contribution in [1.82, 2.24) is 9.97 Å². The van der Waals surface area contributed by atoms with Gasteiger partial charge in [-0.3, -0.25) is 0 Å². The number of ether oxygens (including phenoxy) is 1. The Morgan fingerprint density at radius 3 is 2.85 bits per heavy atom. The lowest BCUT2D eigenvalue weighted by Crippen LogP contribution is -2.42. The number of hydrogen-bond donors (Lipinski definition) is 1. The molecule has 5 heteroatoms. The third kappa shape index (κ3) is 3.45. The van der Waals surface area contributed by atoms with E-state index in [0.717, 1.165) is 26.0 Å². The summed E-state index contributed by atoms with van der Waals surface area (Å²) in [6.07, 6.45) is 5.58. The molecule has 1 fully saturated rings. The van der Waals surface area contributed by atoms with Crippen molar-refractivity contribution < 1.29 is 4.74 Å². The van der Waals surface area contributed by atoms with Gasteiger partial charge in [-0.05, 0) is 18.3 Å². The van der Waals surface area contributed by atoms with E-state index in [-0.39, 0.29) is 11.5 Å². The molecule has 0 spiro atoms. The maximum atomic E-state index is 9.02. The highest BCUT2D eigenvalue weighted by molar-refractivity contribution is 5.46. The molecule has 1 aliphatic heterocycles. The van der Waals surface area contributed by atoms with E-state index in [2.05, 4.69) is 42.1 Å². The van der Waals surface area contributed by atoms with Gasteiger partial charge in [0.1, 0.15) is 6.07 Å². The van der Waals surface area contributed by atoms with Crippen molar-refractivity contribution in [2.24, 2.45) is 11.3 Å². The molecule has 0 unspecified atom stereocenters.